The highest BCUT2D eigenvalue weighted by atomic mass is 35.5. The number of aromatic nitrogens is 6. The molecule has 2 aliphatic heterocycles. The van der Waals surface area contributed by atoms with Gasteiger partial charge in [0.05, 0.1) is 24.1 Å². The highest BCUT2D eigenvalue weighted by Crippen LogP contribution is 2.46. The fourth-order valence-electron chi connectivity index (χ4n) is 6.29. The van der Waals surface area contributed by atoms with Gasteiger partial charge in [0.1, 0.15) is 65.2 Å². The van der Waals surface area contributed by atoms with Gasteiger partial charge in [-0.2, -0.15) is 18.3 Å². The van der Waals surface area contributed by atoms with Crippen LogP contribution >= 0.6 is 23.2 Å². The number of aryl methyl sites for hydroxylation is 1. The highest BCUT2D eigenvalue weighted by molar-refractivity contribution is 6.31. The zero-order chi connectivity index (χ0) is 37.6. The molecule has 2 saturated heterocycles. The summed E-state index contributed by atoms with van der Waals surface area (Å²) in [5.41, 5.74) is -0.798. The first kappa shape index (κ1) is 36.8. The number of halogens is 7. The van der Waals surface area contributed by atoms with Crippen LogP contribution < -0.4 is 5.32 Å². The van der Waals surface area contributed by atoms with E-state index in [1.165, 1.54) is 24.9 Å². The van der Waals surface area contributed by atoms with Crippen molar-refractivity contribution in [2.75, 3.05) is 20.3 Å². The third kappa shape index (κ3) is 7.36. The number of rotatable bonds is 8. The van der Waals surface area contributed by atoms with Crippen molar-refractivity contribution in [2.24, 2.45) is 0 Å². The molecular formula is C34H28Cl2F5N7O5. The van der Waals surface area contributed by atoms with Crippen molar-refractivity contribution in [3.8, 4) is 16.9 Å². The van der Waals surface area contributed by atoms with Crippen LogP contribution in [0.25, 0.3) is 16.9 Å². The van der Waals surface area contributed by atoms with Gasteiger partial charge in [0, 0.05) is 23.2 Å². The maximum absolute atomic E-state index is 14.5. The van der Waals surface area contributed by atoms with E-state index in [0.29, 0.717) is 5.56 Å². The number of benzene rings is 3. The summed E-state index contributed by atoms with van der Waals surface area (Å²) in [6.07, 6.45) is -8.90. The average Bonchev–Trinajstić information content (AvgIpc) is 3.78. The van der Waals surface area contributed by atoms with Gasteiger partial charge in [0.25, 0.3) is 0 Å². The summed E-state index contributed by atoms with van der Waals surface area (Å²) in [5, 5.41) is 14.5. The molecule has 5 aromatic rings. The first-order chi connectivity index (χ1) is 25.3. The summed E-state index contributed by atoms with van der Waals surface area (Å²) in [7, 11) is 1.39. The van der Waals surface area contributed by atoms with Crippen molar-refractivity contribution in [2.45, 2.75) is 49.8 Å². The molecule has 53 heavy (non-hydrogen) atoms. The molecule has 1 unspecified atom stereocenters. The van der Waals surface area contributed by atoms with E-state index in [-0.39, 0.29) is 34.5 Å². The normalized spacial score (nSPS) is 23.1. The van der Waals surface area contributed by atoms with Gasteiger partial charge in [-0.15, -0.1) is 5.10 Å². The molecule has 2 aliphatic rings. The van der Waals surface area contributed by atoms with Gasteiger partial charge in [-0.05, 0) is 37.3 Å². The van der Waals surface area contributed by atoms with Gasteiger partial charge in [-0.25, -0.2) is 23.1 Å². The van der Waals surface area contributed by atoms with Gasteiger partial charge < -0.3 is 24.3 Å². The van der Waals surface area contributed by atoms with Crippen molar-refractivity contribution in [3.63, 3.8) is 0 Å². The molecule has 278 valence electrons. The lowest BCUT2D eigenvalue weighted by Gasteiger charge is -2.49. The minimum absolute atomic E-state index is 0.00435. The number of likely N-dealkylation sites (N-methyl/N-ethyl adjacent to an activating group) is 1. The number of amides is 1. The van der Waals surface area contributed by atoms with E-state index in [1.807, 2.05) is 6.07 Å². The standard InChI is InChI=1S/C34H28Cl2F5N7O5/c1-16-43-32(48(45-16)24-12-19(35)8-9-20(24)34(39,40)41)31-30(50-15-26(49)42-2)28(29-25(52-31)14-51-33(53-29)17-6-4-3-5-7-17)47-13-23(44-46-47)18-10-21(37)27(36)22(38)11-18/h3-13,25,28-31,33H,14-15H2,1-2H3,(H,42,49)/t25-,28+,29+,30-,31-,33?/m1/s1. The predicted molar refractivity (Wildman–Crippen MR) is 177 cm³/mol. The highest BCUT2D eigenvalue weighted by Gasteiger charge is 2.54. The zero-order valence-corrected chi connectivity index (χ0v) is 29.1. The quantitative estimate of drug-likeness (QED) is 0.141. The van der Waals surface area contributed by atoms with Crippen molar-refractivity contribution in [3.05, 3.63) is 111 Å². The second-order valence-electron chi connectivity index (χ2n) is 12.1. The summed E-state index contributed by atoms with van der Waals surface area (Å²) >= 11 is 11.9. The molecule has 2 fully saturated rings. The molecule has 1 amide bonds. The Morgan fingerprint density at radius 2 is 1.79 bits per heavy atom. The Bertz CT molecular complexity index is 2110. The summed E-state index contributed by atoms with van der Waals surface area (Å²) in [6.45, 7) is 0.861. The smallest absolute Gasteiger partial charge is 0.363 e. The maximum atomic E-state index is 14.5. The summed E-state index contributed by atoms with van der Waals surface area (Å²) in [5.74, 6) is -2.65. The van der Waals surface area contributed by atoms with Crippen LogP contribution in [0.3, 0.4) is 0 Å². The fraction of sp³-hybridized carbons (Fsp3) is 0.324. The number of nitrogens with one attached hydrogen (secondary N) is 1. The van der Waals surface area contributed by atoms with Crippen molar-refractivity contribution in [1.29, 1.82) is 0 Å². The van der Waals surface area contributed by atoms with E-state index in [0.717, 1.165) is 35.0 Å². The number of hydrogen-bond donors (Lipinski definition) is 1. The number of ether oxygens (including phenoxy) is 4. The Hall–Kier alpha value is -4.52. The molecule has 7 rings (SSSR count). The topological polar surface area (TPSA) is 127 Å². The fourth-order valence-corrected chi connectivity index (χ4v) is 6.57. The maximum Gasteiger partial charge on any atom is 0.418 e. The minimum Gasteiger partial charge on any atom is -0.363 e. The van der Waals surface area contributed by atoms with E-state index in [2.05, 4.69) is 25.7 Å². The molecule has 0 radical (unpaired) electrons. The molecule has 3 aromatic carbocycles. The third-order valence-electron chi connectivity index (χ3n) is 8.69. The molecule has 4 heterocycles. The molecule has 0 aliphatic carbocycles. The number of carbonyl (C=O) groups excluding carboxylic acids is 1. The third-order valence-corrected chi connectivity index (χ3v) is 9.29. The van der Waals surface area contributed by atoms with Crippen LogP contribution in [-0.4, -0.2) is 74.2 Å². The van der Waals surface area contributed by atoms with Gasteiger partial charge in [-0.1, -0.05) is 58.7 Å². The van der Waals surface area contributed by atoms with Crippen LogP contribution in [-0.2, 0) is 29.9 Å². The second-order valence-corrected chi connectivity index (χ2v) is 13.0. The molecular weight excluding hydrogens is 752 g/mol. The van der Waals surface area contributed by atoms with Crippen molar-refractivity contribution >= 4 is 29.1 Å². The SMILES string of the molecule is CNC(=O)CO[C@@H]1[C@@H](n2cc(-c3cc(F)c(Cl)c(F)c3)nn2)[C@H]2OC(c3ccccc3)OC[C@H]2O[C@H]1c1nc(C)nn1-c1cc(Cl)ccc1C(F)(F)F. The largest absolute Gasteiger partial charge is 0.418 e. The molecule has 0 bridgehead atoms. The molecule has 6 atom stereocenters. The van der Waals surface area contributed by atoms with Crippen LogP contribution in [0, 0.1) is 18.6 Å². The molecule has 19 heteroatoms. The minimum atomic E-state index is -4.82. The molecule has 0 saturated carbocycles. The summed E-state index contributed by atoms with van der Waals surface area (Å²) in [4.78, 5) is 17.1. The second kappa shape index (κ2) is 14.7. The Morgan fingerprint density at radius 3 is 2.49 bits per heavy atom. The van der Waals surface area contributed by atoms with Crippen LogP contribution in [0.2, 0.25) is 10.0 Å². The van der Waals surface area contributed by atoms with E-state index in [4.69, 9.17) is 42.1 Å². The van der Waals surface area contributed by atoms with Crippen LogP contribution in [0.1, 0.15) is 41.2 Å². The first-order valence-electron chi connectivity index (χ1n) is 16.0. The Kier molecular flexibility index (Phi) is 10.2. The van der Waals surface area contributed by atoms with Gasteiger partial charge in [0.15, 0.2) is 12.1 Å². The molecule has 2 aromatic heterocycles. The van der Waals surface area contributed by atoms with Gasteiger partial charge in [-0.3, -0.25) is 4.79 Å². The lowest BCUT2D eigenvalue weighted by molar-refractivity contribution is -0.322. The summed E-state index contributed by atoms with van der Waals surface area (Å²) in [6, 6.07) is 12.9. The number of nitrogens with zero attached hydrogens (tertiary/aromatic N) is 6. The van der Waals surface area contributed by atoms with E-state index >= 15 is 0 Å². The average molecular weight is 781 g/mol. The van der Waals surface area contributed by atoms with Crippen LogP contribution in [0.15, 0.2) is 66.9 Å². The van der Waals surface area contributed by atoms with Gasteiger partial charge in [0.2, 0.25) is 5.91 Å². The van der Waals surface area contributed by atoms with Crippen LogP contribution in [0.5, 0.6) is 0 Å². The molecule has 1 N–H and O–H groups in total. The molecule has 0 spiro atoms. The van der Waals surface area contributed by atoms with Crippen molar-refractivity contribution < 1.29 is 45.7 Å². The van der Waals surface area contributed by atoms with Gasteiger partial charge >= 0.3 is 6.18 Å². The Morgan fingerprint density at radius 1 is 1.06 bits per heavy atom. The lowest BCUT2D eigenvalue weighted by atomic mass is 9.90. The number of alkyl halides is 3. The molecule has 12 nitrogen and oxygen atoms in total. The zero-order valence-electron chi connectivity index (χ0n) is 27.6. The number of carbonyl (C=O) groups is 1. The predicted octanol–water partition coefficient (Wildman–Crippen LogP) is 6.36. The van der Waals surface area contributed by atoms with E-state index in [9.17, 15) is 26.7 Å². The first-order valence-corrected chi connectivity index (χ1v) is 16.7. The monoisotopic (exact) mass is 779 g/mol. The van der Waals surface area contributed by atoms with Crippen LogP contribution in [0.4, 0.5) is 22.0 Å². The lowest BCUT2D eigenvalue weighted by Crippen LogP contribution is -2.58. The summed E-state index contributed by atoms with van der Waals surface area (Å²) < 4.78 is 99.7. The number of fused-ring (bicyclic) bond motifs is 1. The van der Waals surface area contributed by atoms with E-state index in [1.54, 1.807) is 24.3 Å². The Balaban J connectivity index is 1.38. The van der Waals surface area contributed by atoms with E-state index < -0.39 is 83.3 Å². The Labute approximate surface area is 307 Å². The number of hydrogen-bond acceptors (Lipinski definition) is 9. The van der Waals surface area contributed by atoms with Crippen molar-refractivity contribution in [1.82, 2.24) is 35.1 Å².